The van der Waals surface area contributed by atoms with Gasteiger partial charge in [0, 0.05) is 100 Å². The van der Waals surface area contributed by atoms with Crippen LogP contribution in [0.5, 0.6) is 17.5 Å². The number of nitrogens with one attached hydrogen (secondary N) is 4. The van der Waals surface area contributed by atoms with E-state index >= 15 is 0 Å². The molecule has 29 nitrogen and oxygen atoms in total. The molecule has 29 heteroatoms. The number of unbranched alkanes of at least 4 members (excludes halogenated alkanes) is 1. The second kappa shape index (κ2) is 33.4. The van der Waals surface area contributed by atoms with Gasteiger partial charge in [0.15, 0.2) is 11.6 Å². The van der Waals surface area contributed by atoms with Crippen molar-refractivity contribution in [3.63, 3.8) is 0 Å². The summed E-state index contributed by atoms with van der Waals surface area (Å²) in [6, 6.07) is 27.7. The fourth-order valence-electron chi connectivity index (χ4n) is 14.6. The lowest BCUT2D eigenvalue weighted by Crippen LogP contribution is -2.72. The maximum atomic E-state index is 14.2. The second-order valence-electron chi connectivity index (χ2n) is 29.1. The van der Waals surface area contributed by atoms with Crippen molar-refractivity contribution in [2.75, 3.05) is 107 Å². The molecule has 0 unspecified atom stereocenters. The maximum absolute atomic E-state index is 14.2. The zero-order valence-electron chi connectivity index (χ0n) is 60.0. The molecule has 4 saturated heterocycles. The van der Waals surface area contributed by atoms with Crippen molar-refractivity contribution in [2.24, 2.45) is 11.3 Å². The van der Waals surface area contributed by atoms with Gasteiger partial charge in [0.05, 0.1) is 60.6 Å². The molecule has 3 aromatic carbocycles. The summed E-state index contributed by atoms with van der Waals surface area (Å²) in [5.41, 5.74) is 2.69. The number of piperidine rings is 1. The Bertz CT molecular complexity index is 4070. The number of piperazine rings is 1. The van der Waals surface area contributed by atoms with E-state index in [1.54, 1.807) is 91.1 Å². The number of benzene rings is 3. The highest BCUT2D eigenvalue weighted by molar-refractivity contribution is 6.05. The van der Waals surface area contributed by atoms with Gasteiger partial charge in [-0.15, -0.1) is 10.2 Å². The molecule has 5 atom stereocenters. The van der Waals surface area contributed by atoms with Gasteiger partial charge >= 0.3 is 12.1 Å². The van der Waals surface area contributed by atoms with Gasteiger partial charge in [0.1, 0.15) is 54.0 Å². The number of amides is 5. The van der Waals surface area contributed by atoms with Crippen molar-refractivity contribution in [1.29, 1.82) is 5.26 Å². The lowest BCUT2D eigenvalue weighted by molar-refractivity contribution is -0.162. The number of nitrogens with zero attached hydrogens (tertiary/aromatic N) is 10. The Morgan fingerprint density at radius 3 is 2.29 bits per heavy atom. The minimum Gasteiger partial charge on any atom is -0.507 e. The third-order valence-corrected chi connectivity index (χ3v) is 21.0. The van der Waals surface area contributed by atoms with E-state index in [4.69, 9.17) is 28.2 Å². The van der Waals surface area contributed by atoms with E-state index in [-0.39, 0.29) is 85.9 Å². The second-order valence-corrected chi connectivity index (χ2v) is 29.1. The van der Waals surface area contributed by atoms with Crippen LogP contribution < -0.4 is 40.5 Å². The third kappa shape index (κ3) is 17.9. The van der Waals surface area contributed by atoms with Crippen molar-refractivity contribution in [2.45, 2.75) is 152 Å². The summed E-state index contributed by atoms with van der Waals surface area (Å²) in [6.45, 7) is 11.3. The van der Waals surface area contributed by atoms with Crippen LogP contribution in [0.2, 0.25) is 0 Å². The Morgan fingerprint density at radius 2 is 1.60 bits per heavy atom. The normalized spacial score (nSPS) is 20.7. The molecule has 7 heterocycles. The molecule has 1 spiro atoms. The molecule has 6 fully saturated rings. The summed E-state index contributed by atoms with van der Waals surface area (Å²) in [7, 11) is 3.90. The first-order valence-corrected chi connectivity index (χ1v) is 36.3. The molecule has 12 rings (SSSR count). The third-order valence-electron chi connectivity index (χ3n) is 21.0. The molecular formula is C76H94N14O15. The number of para-hydroxylation sites is 1. The average molecular weight is 1440 g/mol. The van der Waals surface area contributed by atoms with Crippen LogP contribution in [0, 0.1) is 22.7 Å². The van der Waals surface area contributed by atoms with Crippen molar-refractivity contribution in [1.82, 2.24) is 45.7 Å². The molecule has 0 radical (unpaired) electrons. The highest BCUT2D eigenvalue weighted by Gasteiger charge is 2.53. The van der Waals surface area contributed by atoms with Crippen LogP contribution in [0.4, 0.5) is 27.7 Å². The van der Waals surface area contributed by atoms with Crippen LogP contribution in [-0.4, -0.2) is 214 Å². The zero-order chi connectivity index (χ0) is 73.9. The largest absolute Gasteiger partial charge is 0.507 e. The number of carboxylic acid groups (broad SMARTS) is 1. The number of aromatic nitrogens is 4. The number of aliphatic hydroxyl groups excluding tert-OH is 1. The van der Waals surface area contributed by atoms with Crippen LogP contribution in [0.1, 0.15) is 126 Å². The summed E-state index contributed by atoms with van der Waals surface area (Å²) in [4.78, 5) is 95.4. The first-order valence-electron chi connectivity index (χ1n) is 36.3. The zero-order valence-corrected chi connectivity index (χ0v) is 60.0. The number of ether oxygens (including phenoxy) is 5. The van der Waals surface area contributed by atoms with Crippen LogP contribution in [-0.2, 0) is 44.8 Å². The number of aliphatic carboxylic acids is 1. The first kappa shape index (κ1) is 74.7. The first-order chi connectivity index (χ1) is 50.6. The predicted molar refractivity (Wildman–Crippen MR) is 385 cm³/mol. The number of likely N-dealkylation sites (tertiary alicyclic amines) is 2. The smallest absolute Gasteiger partial charge is 0.413 e. The number of carbonyl (C=O) groups is 6. The lowest BCUT2D eigenvalue weighted by Gasteiger charge is -2.56. The number of phenolic OH excluding ortho intramolecular Hbond substituents is 1. The molecule has 558 valence electrons. The van der Waals surface area contributed by atoms with Crippen molar-refractivity contribution in [3.8, 4) is 34.8 Å². The van der Waals surface area contributed by atoms with Crippen molar-refractivity contribution in [3.05, 3.63) is 126 Å². The van der Waals surface area contributed by atoms with Gasteiger partial charge in [-0.1, -0.05) is 56.7 Å². The number of carboxylic acids is 1. The molecule has 3 aromatic heterocycles. The summed E-state index contributed by atoms with van der Waals surface area (Å²) in [5, 5.41) is 65.1. The molecule has 5 amide bonds. The molecule has 2 saturated carbocycles. The number of aliphatic hydroxyl groups is 1. The quantitative estimate of drug-likeness (QED) is 0.0170. The number of anilines is 4. The number of nitriles is 1. The Hall–Kier alpha value is -9.99. The van der Waals surface area contributed by atoms with Gasteiger partial charge in [-0.3, -0.25) is 34.2 Å². The number of rotatable bonds is 30. The number of β-amino-alcohol motifs (C(OH)–C–C–N with tert-alkyl or cyclic N) is 1. The van der Waals surface area contributed by atoms with Crippen LogP contribution in [0.15, 0.2) is 108 Å². The highest BCUT2D eigenvalue weighted by atomic mass is 16.6. The van der Waals surface area contributed by atoms with E-state index in [0.717, 1.165) is 63.0 Å². The number of carbonyl (C=O) groups excluding carboxylic acids is 5. The maximum Gasteiger partial charge on any atom is 0.413 e. The number of hydrogen-bond donors (Lipinski definition) is 7. The van der Waals surface area contributed by atoms with Crippen molar-refractivity contribution < 1.29 is 72.3 Å². The van der Waals surface area contributed by atoms with Gasteiger partial charge in [0.2, 0.25) is 29.5 Å². The van der Waals surface area contributed by atoms with E-state index in [2.05, 4.69) is 62.4 Å². The van der Waals surface area contributed by atoms with Crippen LogP contribution >= 0.6 is 0 Å². The summed E-state index contributed by atoms with van der Waals surface area (Å²) >= 11 is 0. The Balaban J connectivity index is 0.592. The predicted octanol–water partition coefficient (Wildman–Crippen LogP) is 7.41. The number of aromatic hydroxyl groups is 1. The van der Waals surface area contributed by atoms with Crippen molar-refractivity contribution >= 4 is 58.6 Å². The Labute approximate surface area is 609 Å². The summed E-state index contributed by atoms with van der Waals surface area (Å²) < 4.78 is 36.5. The van der Waals surface area contributed by atoms with Gasteiger partial charge in [-0.05, 0) is 143 Å². The van der Waals surface area contributed by atoms with E-state index in [9.17, 15) is 49.3 Å². The molecule has 6 aromatic rings. The minimum absolute atomic E-state index is 0.00764. The Kier molecular flexibility index (Phi) is 23.8. The Morgan fingerprint density at radius 1 is 0.838 bits per heavy atom. The van der Waals surface area contributed by atoms with Gasteiger partial charge < -0.3 is 79.1 Å². The fourth-order valence-corrected chi connectivity index (χ4v) is 14.6. The van der Waals surface area contributed by atoms with E-state index in [1.807, 2.05) is 51.9 Å². The standard InChI is InChI=1S/C76H94N14O15/c1-47(2)67(71(95)89-42-54(91)36-62(89)70(94)79-48(3)51-18-14-49(41-77)15-19-51)64-40-66(85-105-64)101-34-33-87-29-23-55(24-30-87)103-56-37-57(38-56)104-65-35-53(22-27-78-65)90-32-31-88(44-75(90)45-100-46-75)61-39-60(58-11-6-7-13-63(58)92)83-84-68(61)82-74(99)102-43-50-16-20-52(21-17-50)80-69(93)59(12-8-9-28-86(4)5)81-72(96)76(73(97)98)25-10-26-76/h6-7,11,13-22,27,35,39-40,47-48,54-57,59,62,67,91-92H,8-10,12,23-26,28-34,36-38,42-46H2,1-5H3,(H,79,94)(H,80,93)(H,81,96)(H,97,98)(H,82,84,99)/t48-,54-,56?,57?,59+,62+,67-/m1/s1. The van der Waals surface area contributed by atoms with E-state index in [1.165, 1.54) is 4.90 Å². The van der Waals surface area contributed by atoms with E-state index < -0.39 is 65.0 Å². The molecule has 105 heavy (non-hydrogen) atoms. The lowest BCUT2D eigenvalue weighted by atomic mass is 9.68. The highest BCUT2D eigenvalue weighted by Crippen LogP contribution is 2.43. The molecular weight excluding hydrogens is 1350 g/mol. The van der Waals surface area contributed by atoms with Crippen LogP contribution in [0.25, 0.3) is 11.3 Å². The van der Waals surface area contributed by atoms with Gasteiger partial charge in [-0.2, -0.15) is 5.26 Å². The monoisotopic (exact) mass is 1440 g/mol. The van der Waals surface area contributed by atoms with Gasteiger partial charge in [0.25, 0.3) is 5.88 Å². The average Bonchev–Trinajstić information content (AvgIpc) is 1.43. The topological polar surface area (TPSA) is 362 Å². The number of hydrogen-bond acceptors (Lipinski definition) is 23. The fraction of sp³-hybridized carbons (Fsp3) is 0.513. The van der Waals surface area contributed by atoms with Crippen LogP contribution in [0.3, 0.4) is 0 Å². The summed E-state index contributed by atoms with van der Waals surface area (Å²) in [5.74, 6) is -2.77. The molecule has 2 aliphatic carbocycles. The molecule has 0 bridgehead atoms. The SMILES string of the molecule is CC(C)[C@@H](C(=O)N1C[C@H](O)C[C@H]1C(=O)N[C@H](C)c1ccc(C#N)cc1)c1cc(OCCN2CCC(OC3CC(Oc4cc(N5CCN(c6cc(-c7ccccc7O)nnc6NC(=O)OCc6ccc(NC(=O)[C@H](CCCCN(C)C)NC(=O)C7(C(=O)O)CCC7)cc6)CC56COC6)ccn4)C3)CC2)no1. The number of pyridine rings is 1. The van der Waals surface area contributed by atoms with Gasteiger partial charge in [-0.25, -0.2) is 9.78 Å². The minimum atomic E-state index is -1.53. The molecule has 4 aliphatic heterocycles. The number of phenols is 1. The molecule has 6 aliphatic rings. The molecule has 7 N–H and O–H groups in total. The van der Waals surface area contributed by atoms with E-state index in [0.29, 0.717) is 111 Å². The summed E-state index contributed by atoms with van der Waals surface area (Å²) in [6.07, 6.45) is 6.30.